The number of rotatable bonds is 5. The van der Waals surface area contributed by atoms with E-state index in [-0.39, 0.29) is 0 Å². The van der Waals surface area contributed by atoms with Gasteiger partial charge in [0.05, 0.1) is 0 Å². The van der Waals surface area contributed by atoms with Crippen molar-refractivity contribution in [1.82, 2.24) is 10.2 Å². The van der Waals surface area contributed by atoms with Crippen molar-refractivity contribution in [1.29, 1.82) is 0 Å². The Bertz CT molecular complexity index is 229. The highest BCUT2D eigenvalue weighted by atomic mass is 16.4. The van der Waals surface area contributed by atoms with Crippen molar-refractivity contribution in [3.05, 3.63) is 0 Å². The van der Waals surface area contributed by atoms with Crippen molar-refractivity contribution >= 4 is 5.97 Å². The van der Waals surface area contributed by atoms with Gasteiger partial charge in [0.15, 0.2) is 0 Å². The fraction of sp³-hybridized carbons (Fsp3) is 0.909. The molecule has 15 heavy (non-hydrogen) atoms. The molecule has 0 spiro atoms. The van der Waals surface area contributed by atoms with E-state index in [1.165, 1.54) is 0 Å². The van der Waals surface area contributed by atoms with Gasteiger partial charge in [-0.1, -0.05) is 13.8 Å². The summed E-state index contributed by atoms with van der Waals surface area (Å²) in [7, 11) is 1.75. The summed E-state index contributed by atoms with van der Waals surface area (Å²) < 4.78 is 0. The fourth-order valence-electron chi connectivity index (χ4n) is 2.60. The van der Waals surface area contributed by atoms with Crippen LogP contribution in [0.2, 0.25) is 0 Å². The summed E-state index contributed by atoms with van der Waals surface area (Å²) >= 11 is 0. The first kappa shape index (κ1) is 12.5. The zero-order chi connectivity index (χ0) is 11.5. The predicted molar refractivity (Wildman–Crippen MR) is 60.0 cm³/mol. The zero-order valence-electron chi connectivity index (χ0n) is 9.92. The number of carbonyl (C=O) groups is 1. The molecule has 4 heteroatoms. The number of nitrogens with zero attached hydrogens (tertiary/aromatic N) is 1. The van der Waals surface area contributed by atoms with Crippen LogP contribution >= 0.6 is 0 Å². The van der Waals surface area contributed by atoms with Gasteiger partial charge in [-0.3, -0.25) is 4.79 Å². The summed E-state index contributed by atoms with van der Waals surface area (Å²) in [6.07, 6.45) is 2.44. The number of carboxylic acids is 1. The highest BCUT2D eigenvalue weighted by Gasteiger charge is 2.45. The largest absolute Gasteiger partial charge is 0.480 e. The van der Waals surface area contributed by atoms with Gasteiger partial charge in [0.2, 0.25) is 0 Å². The number of hydrogen-bond acceptors (Lipinski definition) is 3. The van der Waals surface area contributed by atoms with Crippen LogP contribution in [0.5, 0.6) is 0 Å². The molecule has 0 saturated heterocycles. The van der Waals surface area contributed by atoms with E-state index in [2.05, 4.69) is 24.1 Å². The lowest BCUT2D eigenvalue weighted by Gasteiger charge is -2.28. The van der Waals surface area contributed by atoms with Crippen LogP contribution in [0.4, 0.5) is 0 Å². The van der Waals surface area contributed by atoms with Gasteiger partial charge in [-0.05, 0) is 39.4 Å². The normalized spacial score (nSPS) is 31.1. The van der Waals surface area contributed by atoms with Gasteiger partial charge < -0.3 is 15.3 Å². The smallest absolute Gasteiger partial charge is 0.323 e. The minimum absolute atomic E-state index is 0.420. The second-order valence-electron chi connectivity index (χ2n) is 4.26. The minimum Gasteiger partial charge on any atom is -0.480 e. The van der Waals surface area contributed by atoms with Crippen molar-refractivity contribution in [3.63, 3.8) is 0 Å². The summed E-state index contributed by atoms with van der Waals surface area (Å²) in [5.74, 6) is -0.709. The quantitative estimate of drug-likeness (QED) is 0.714. The second-order valence-corrected chi connectivity index (χ2v) is 4.26. The summed E-state index contributed by atoms with van der Waals surface area (Å²) in [5, 5.41) is 12.2. The molecule has 88 valence electrons. The summed E-state index contributed by atoms with van der Waals surface area (Å²) in [6, 6.07) is 0.420. The molecule has 4 nitrogen and oxygen atoms in total. The van der Waals surface area contributed by atoms with E-state index in [9.17, 15) is 9.90 Å². The van der Waals surface area contributed by atoms with Crippen molar-refractivity contribution in [2.24, 2.45) is 0 Å². The summed E-state index contributed by atoms with van der Waals surface area (Å²) in [5.41, 5.74) is -0.687. The number of hydrogen-bond donors (Lipinski definition) is 2. The molecule has 0 aromatic heterocycles. The third kappa shape index (κ3) is 2.32. The Morgan fingerprint density at radius 1 is 1.53 bits per heavy atom. The van der Waals surface area contributed by atoms with E-state index in [1.54, 1.807) is 7.05 Å². The summed E-state index contributed by atoms with van der Waals surface area (Å²) in [6.45, 7) is 6.26. The molecule has 0 aliphatic heterocycles. The van der Waals surface area contributed by atoms with Gasteiger partial charge in [-0.2, -0.15) is 0 Å². The maximum absolute atomic E-state index is 11.2. The summed E-state index contributed by atoms with van der Waals surface area (Å²) in [4.78, 5) is 13.6. The van der Waals surface area contributed by atoms with Crippen LogP contribution < -0.4 is 5.32 Å². The molecule has 0 radical (unpaired) electrons. The highest BCUT2D eigenvalue weighted by molar-refractivity contribution is 5.79. The van der Waals surface area contributed by atoms with E-state index in [1.807, 2.05) is 0 Å². The maximum atomic E-state index is 11.2. The first-order valence-electron chi connectivity index (χ1n) is 5.76. The van der Waals surface area contributed by atoms with Gasteiger partial charge in [0, 0.05) is 6.04 Å². The minimum atomic E-state index is -0.709. The maximum Gasteiger partial charge on any atom is 0.323 e. The zero-order valence-corrected chi connectivity index (χ0v) is 9.92. The van der Waals surface area contributed by atoms with Crippen molar-refractivity contribution in [2.45, 2.75) is 44.7 Å². The lowest BCUT2D eigenvalue weighted by molar-refractivity contribution is -0.144. The fourth-order valence-corrected chi connectivity index (χ4v) is 2.60. The topological polar surface area (TPSA) is 52.6 Å². The van der Waals surface area contributed by atoms with Crippen molar-refractivity contribution in [3.8, 4) is 0 Å². The molecule has 0 bridgehead atoms. The predicted octanol–water partition coefficient (Wildman–Crippen LogP) is 0.923. The Kier molecular flexibility index (Phi) is 4.11. The van der Waals surface area contributed by atoms with E-state index in [4.69, 9.17) is 0 Å². The molecule has 1 rings (SSSR count). The molecule has 2 N–H and O–H groups in total. The average molecular weight is 214 g/mol. The third-order valence-electron chi connectivity index (χ3n) is 3.71. The Balaban J connectivity index is 2.68. The molecule has 1 saturated carbocycles. The van der Waals surface area contributed by atoms with Gasteiger partial charge >= 0.3 is 5.97 Å². The van der Waals surface area contributed by atoms with Crippen LogP contribution in [-0.2, 0) is 4.79 Å². The van der Waals surface area contributed by atoms with Crippen molar-refractivity contribution in [2.75, 3.05) is 20.1 Å². The SMILES string of the molecule is CCN(CC)C1CCC(NC)(C(=O)O)C1. The molecular formula is C11H22N2O2. The van der Waals surface area contributed by atoms with E-state index in [0.29, 0.717) is 6.04 Å². The number of nitrogens with one attached hydrogen (secondary N) is 1. The van der Waals surface area contributed by atoms with Crippen LogP contribution in [-0.4, -0.2) is 47.7 Å². The molecule has 2 atom stereocenters. The molecule has 0 amide bonds. The highest BCUT2D eigenvalue weighted by Crippen LogP contribution is 2.33. The molecule has 1 aliphatic carbocycles. The van der Waals surface area contributed by atoms with Gasteiger partial charge in [-0.25, -0.2) is 0 Å². The van der Waals surface area contributed by atoms with Crippen LogP contribution in [0.15, 0.2) is 0 Å². The first-order valence-corrected chi connectivity index (χ1v) is 5.76. The van der Waals surface area contributed by atoms with Crippen LogP contribution in [0.25, 0.3) is 0 Å². The lowest BCUT2D eigenvalue weighted by atomic mass is 9.98. The molecule has 1 fully saturated rings. The lowest BCUT2D eigenvalue weighted by Crippen LogP contribution is -2.49. The number of aliphatic carboxylic acids is 1. The molecule has 1 aliphatic rings. The third-order valence-corrected chi connectivity index (χ3v) is 3.71. The number of likely N-dealkylation sites (N-methyl/N-ethyl adjacent to an activating group) is 1. The molecular weight excluding hydrogens is 192 g/mol. The van der Waals surface area contributed by atoms with Gasteiger partial charge in [0.1, 0.15) is 5.54 Å². The van der Waals surface area contributed by atoms with Crippen LogP contribution in [0.3, 0.4) is 0 Å². The second kappa shape index (κ2) is 4.94. The van der Waals surface area contributed by atoms with Gasteiger partial charge in [-0.15, -0.1) is 0 Å². The monoisotopic (exact) mass is 214 g/mol. The van der Waals surface area contributed by atoms with E-state index >= 15 is 0 Å². The Hall–Kier alpha value is -0.610. The van der Waals surface area contributed by atoms with E-state index in [0.717, 1.165) is 32.4 Å². The van der Waals surface area contributed by atoms with Gasteiger partial charge in [0.25, 0.3) is 0 Å². The van der Waals surface area contributed by atoms with Crippen LogP contribution in [0, 0.1) is 0 Å². The average Bonchev–Trinajstić information content (AvgIpc) is 2.65. The molecule has 0 heterocycles. The Labute approximate surface area is 91.6 Å². The Morgan fingerprint density at radius 2 is 2.13 bits per heavy atom. The molecule has 0 aromatic carbocycles. The van der Waals surface area contributed by atoms with Crippen LogP contribution in [0.1, 0.15) is 33.1 Å². The number of carboxylic acid groups (broad SMARTS) is 1. The van der Waals surface area contributed by atoms with E-state index < -0.39 is 11.5 Å². The van der Waals surface area contributed by atoms with Crippen molar-refractivity contribution < 1.29 is 9.90 Å². The molecule has 0 aromatic rings. The standard InChI is InChI=1S/C11H22N2O2/c1-4-13(5-2)9-6-7-11(8-9,12-3)10(14)15/h9,12H,4-8H2,1-3H3,(H,14,15). The Morgan fingerprint density at radius 3 is 2.47 bits per heavy atom. The first-order chi connectivity index (χ1) is 7.09. The molecule has 2 unspecified atom stereocenters.